The van der Waals surface area contributed by atoms with Crippen molar-refractivity contribution in [3.05, 3.63) is 70.9 Å². The number of phenols is 1. The van der Waals surface area contributed by atoms with Crippen LogP contribution in [0, 0.1) is 0 Å². The van der Waals surface area contributed by atoms with Crippen molar-refractivity contribution in [2.45, 2.75) is 4.90 Å². The van der Waals surface area contributed by atoms with Gasteiger partial charge in [-0.3, -0.25) is 9.35 Å². The maximum absolute atomic E-state index is 11.9. The average molecular weight is 430 g/mol. The van der Waals surface area contributed by atoms with Crippen LogP contribution in [0.4, 0.5) is 0 Å². The minimum atomic E-state index is -4.44. The van der Waals surface area contributed by atoms with Gasteiger partial charge in [-0.15, -0.1) is 11.3 Å². The Labute approximate surface area is 209 Å². The van der Waals surface area contributed by atoms with Crippen molar-refractivity contribution in [3.63, 3.8) is 0 Å². The zero-order valence-electron chi connectivity index (χ0n) is 15.2. The van der Waals surface area contributed by atoms with Gasteiger partial charge >= 0.3 is 0 Å². The molecule has 0 saturated heterocycles. The Hall–Kier alpha value is -0.740. The maximum Gasteiger partial charge on any atom is 0.295 e. The van der Waals surface area contributed by atoms with Crippen LogP contribution in [-0.2, 0) is 10.1 Å². The topological polar surface area (TPSA) is 91.7 Å². The van der Waals surface area contributed by atoms with E-state index >= 15 is 0 Å². The molecule has 5 nitrogen and oxygen atoms in total. The molecule has 9 heteroatoms. The van der Waals surface area contributed by atoms with E-state index in [2.05, 4.69) is 0 Å². The number of benzene rings is 3. The molecule has 2 N–H and O–H groups in total. The smallest absolute Gasteiger partial charge is 0.295 e. The number of rotatable bonds is 2. The van der Waals surface area contributed by atoms with Crippen molar-refractivity contribution < 1.29 is 18.1 Å². The van der Waals surface area contributed by atoms with Gasteiger partial charge in [0.2, 0.25) is 0 Å². The molecule has 1 aliphatic heterocycles. The summed E-state index contributed by atoms with van der Waals surface area (Å²) in [6.07, 6.45) is 0. The normalized spacial score (nSPS) is 11.0. The first-order chi connectivity index (χ1) is 12.3. The van der Waals surface area contributed by atoms with E-state index in [0.29, 0.717) is 26.3 Å². The summed E-state index contributed by atoms with van der Waals surface area (Å²) in [6.45, 7) is 0. The van der Waals surface area contributed by atoms with E-state index in [4.69, 9.17) is 0 Å². The van der Waals surface area contributed by atoms with Crippen molar-refractivity contribution in [3.8, 4) is 27.3 Å². The number of hydrogen-bond acceptors (Lipinski definition) is 5. The monoisotopic (exact) mass is 430 g/mol. The van der Waals surface area contributed by atoms with Crippen LogP contribution in [0.15, 0.2) is 70.4 Å². The zero-order chi connectivity index (χ0) is 18.5. The standard InChI is InChI=1S/C19H12O5S2.2Na/c20-11-5-7-13-16(9-11)25-17-10-12(21)6-8-14(17)19(13)15-3-1-2-4-18(15)26(22,23)24;;/h1-10,20H,(H,22,23,24);;. The molecule has 2 aromatic carbocycles. The van der Waals surface area contributed by atoms with E-state index in [0.717, 1.165) is 5.39 Å². The predicted molar refractivity (Wildman–Crippen MR) is 113 cm³/mol. The van der Waals surface area contributed by atoms with Gasteiger partial charge < -0.3 is 5.11 Å². The summed E-state index contributed by atoms with van der Waals surface area (Å²) >= 11 is 1.33. The second-order valence-electron chi connectivity index (χ2n) is 5.79. The van der Waals surface area contributed by atoms with Gasteiger partial charge in [0.15, 0.2) is 5.43 Å². The fourth-order valence-electron chi connectivity index (χ4n) is 3.05. The molecule has 2 radical (unpaired) electrons. The van der Waals surface area contributed by atoms with Gasteiger partial charge in [0.05, 0.1) is 0 Å². The van der Waals surface area contributed by atoms with Crippen molar-refractivity contribution in [2.24, 2.45) is 0 Å². The van der Waals surface area contributed by atoms with Gasteiger partial charge in [0, 0.05) is 96.8 Å². The number of hydrogen-bond donors (Lipinski definition) is 2. The second-order valence-corrected chi connectivity index (χ2v) is 8.26. The van der Waals surface area contributed by atoms with E-state index in [9.17, 15) is 22.9 Å². The van der Waals surface area contributed by atoms with Gasteiger partial charge in [-0.2, -0.15) is 8.42 Å². The molecule has 4 rings (SSSR count). The summed E-state index contributed by atoms with van der Waals surface area (Å²) in [5, 5.41) is 10.5. The molecule has 0 amide bonds. The third kappa shape index (κ3) is 4.38. The molecule has 0 aromatic heterocycles. The molecule has 2 aromatic rings. The first-order valence-electron chi connectivity index (χ1n) is 7.61. The molecule has 1 aliphatic carbocycles. The Morgan fingerprint density at radius 1 is 0.857 bits per heavy atom. The van der Waals surface area contributed by atoms with Gasteiger partial charge in [0.1, 0.15) is 10.6 Å². The molecule has 0 fully saturated rings. The van der Waals surface area contributed by atoms with Crippen LogP contribution in [-0.4, -0.2) is 77.2 Å². The summed E-state index contributed by atoms with van der Waals surface area (Å²) < 4.78 is 34.1. The fourth-order valence-corrected chi connectivity index (χ4v) is 4.90. The third-order valence-electron chi connectivity index (χ3n) is 4.11. The number of phenolic OH excluding ortho intramolecular Hbond substituents is 1. The summed E-state index contributed by atoms with van der Waals surface area (Å²) in [5.74, 6) is 0.0698. The van der Waals surface area contributed by atoms with E-state index in [1.165, 1.54) is 41.7 Å². The zero-order valence-corrected chi connectivity index (χ0v) is 20.8. The van der Waals surface area contributed by atoms with Crippen molar-refractivity contribution in [1.29, 1.82) is 0 Å². The van der Waals surface area contributed by atoms with Crippen molar-refractivity contribution in [2.75, 3.05) is 0 Å². The Bertz CT molecular complexity index is 1300. The molecule has 0 unspecified atom stereocenters. The van der Waals surface area contributed by atoms with Crippen LogP contribution in [0.2, 0.25) is 0 Å². The van der Waals surface area contributed by atoms with Crippen LogP contribution >= 0.6 is 11.3 Å². The molecule has 0 spiro atoms. The summed E-state index contributed by atoms with van der Waals surface area (Å²) in [7, 11) is -4.44. The first-order valence-corrected chi connectivity index (χ1v) is 9.87. The second kappa shape index (κ2) is 8.95. The predicted octanol–water partition coefficient (Wildman–Crippen LogP) is 3.22. The minimum absolute atomic E-state index is 0. The molecule has 0 saturated carbocycles. The number of aromatic hydroxyl groups is 1. The Kier molecular flexibility index (Phi) is 7.53. The molecular weight excluding hydrogens is 418 g/mol. The van der Waals surface area contributed by atoms with E-state index in [1.807, 2.05) is 0 Å². The number of fused-ring (bicyclic) bond motifs is 2. The molecule has 132 valence electrons. The van der Waals surface area contributed by atoms with Crippen LogP contribution in [0.5, 0.6) is 5.75 Å². The van der Waals surface area contributed by atoms with Gasteiger partial charge in [-0.1, -0.05) is 18.2 Å². The van der Waals surface area contributed by atoms with Crippen LogP contribution < -0.4 is 5.43 Å². The van der Waals surface area contributed by atoms with Gasteiger partial charge in [-0.25, -0.2) is 0 Å². The molecule has 0 atom stereocenters. The quantitative estimate of drug-likeness (QED) is 0.290. The first kappa shape index (κ1) is 23.5. The van der Waals surface area contributed by atoms with E-state index in [-0.39, 0.29) is 75.2 Å². The summed E-state index contributed by atoms with van der Waals surface area (Å²) in [6, 6.07) is 15.5. The molecule has 0 bridgehead atoms. The van der Waals surface area contributed by atoms with Crippen LogP contribution in [0.25, 0.3) is 31.7 Å². The minimum Gasteiger partial charge on any atom is -0.508 e. The third-order valence-corrected chi connectivity index (χ3v) is 6.14. The Morgan fingerprint density at radius 2 is 1.57 bits per heavy atom. The Balaban J connectivity index is 0.00000140. The Morgan fingerprint density at radius 3 is 2.29 bits per heavy atom. The van der Waals surface area contributed by atoms with E-state index in [1.54, 1.807) is 30.3 Å². The average Bonchev–Trinajstić information content (AvgIpc) is 2.58. The molecule has 1 heterocycles. The maximum atomic E-state index is 11.9. The van der Waals surface area contributed by atoms with Crippen LogP contribution in [0.1, 0.15) is 0 Å². The molecule has 28 heavy (non-hydrogen) atoms. The largest absolute Gasteiger partial charge is 0.508 e. The van der Waals surface area contributed by atoms with Crippen LogP contribution in [0.3, 0.4) is 0 Å². The molecular formula is C19H12Na2O5S2. The summed E-state index contributed by atoms with van der Waals surface area (Å²) in [5.41, 5.74) is 1.45. The van der Waals surface area contributed by atoms with Crippen molar-refractivity contribution >= 4 is 90.7 Å². The van der Waals surface area contributed by atoms with Gasteiger partial charge in [0.25, 0.3) is 10.1 Å². The summed E-state index contributed by atoms with van der Waals surface area (Å²) in [4.78, 5) is 12.2. The molecule has 2 aliphatic rings. The van der Waals surface area contributed by atoms with E-state index < -0.39 is 10.1 Å². The van der Waals surface area contributed by atoms with Gasteiger partial charge in [-0.05, 0) is 36.4 Å². The van der Waals surface area contributed by atoms with Crippen molar-refractivity contribution in [1.82, 2.24) is 0 Å². The fraction of sp³-hybridized carbons (Fsp3) is 0. The SMILES string of the molecule is O=c1ccc2c(-c3ccccc3S(=O)(=O)O)c3ccc(O)cc3sc-2c1.[Na].[Na].